The molecular weight excluding hydrogens is 721 g/mol. The van der Waals surface area contributed by atoms with E-state index in [0.717, 1.165) is 88.7 Å². The van der Waals surface area contributed by atoms with Gasteiger partial charge >= 0.3 is 0 Å². The summed E-state index contributed by atoms with van der Waals surface area (Å²) in [6.45, 7) is 8.04. The standard InChI is InChI=1S/C45H50N6O6/c52-35-11-12-36-40(24-35)56-29-37(31-4-2-1-3-5-31)42(36)32-6-8-33(9-7-32)50-18-16-45(17-19-50)25-30(28-57-45)27-49-20-22-51(23-21-49)34-10-13-38(46-26-34)43(54)47-39-14-15-41(53)48-44(39)55/h1-13,24,26,30,37,39,42,52H,14-23,25,27-29H2,(H,47,54)(H,48,53,55)/t30?,37-,39+,42-/m0/s1. The van der Waals surface area contributed by atoms with E-state index in [0.29, 0.717) is 18.9 Å². The molecule has 4 atom stereocenters. The number of pyridine rings is 1. The maximum atomic E-state index is 12.7. The Morgan fingerprint density at radius 2 is 1.61 bits per heavy atom. The number of piperazine rings is 1. The number of piperidine rings is 2. The first kappa shape index (κ1) is 37.1. The number of imide groups is 1. The summed E-state index contributed by atoms with van der Waals surface area (Å²) < 4.78 is 12.8. The Balaban J connectivity index is 0.751. The molecule has 57 heavy (non-hydrogen) atoms. The number of aromatic hydroxyl groups is 1. The van der Waals surface area contributed by atoms with Crippen molar-refractivity contribution in [3.05, 3.63) is 114 Å². The van der Waals surface area contributed by atoms with Gasteiger partial charge in [-0.05, 0) is 73.1 Å². The van der Waals surface area contributed by atoms with Crippen molar-refractivity contribution in [3.8, 4) is 11.5 Å². The van der Waals surface area contributed by atoms with Crippen LogP contribution in [0.2, 0.25) is 0 Å². The highest BCUT2D eigenvalue weighted by molar-refractivity contribution is 6.03. The fourth-order valence-electron chi connectivity index (χ4n) is 9.59. The van der Waals surface area contributed by atoms with Crippen LogP contribution in [0.1, 0.15) is 71.1 Å². The van der Waals surface area contributed by atoms with E-state index in [2.05, 4.69) is 78.8 Å². The van der Waals surface area contributed by atoms with Crippen molar-refractivity contribution in [2.24, 2.45) is 5.92 Å². The first-order valence-electron chi connectivity index (χ1n) is 20.4. The largest absolute Gasteiger partial charge is 0.508 e. The van der Waals surface area contributed by atoms with E-state index in [9.17, 15) is 19.5 Å². The summed E-state index contributed by atoms with van der Waals surface area (Å²) in [4.78, 5) is 47.9. The van der Waals surface area contributed by atoms with Crippen LogP contribution in [0.4, 0.5) is 11.4 Å². The lowest BCUT2D eigenvalue weighted by molar-refractivity contribution is -0.134. The summed E-state index contributed by atoms with van der Waals surface area (Å²) in [7, 11) is 0. The highest BCUT2D eigenvalue weighted by atomic mass is 16.5. The molecule has 3 aromatic carbocycles. The van der Waals surface area contributed by atoms with Crippen molar-refractivity contribution in [1.82, 2.24) is 20.5 Å². The summed E-state index contributed by atoms with van der Waals surface area (Å²) in [5.74, 6) is 0.588. The topological polar surface area (TPSA) is 137 Å². The molecule has 1 unspecified atom stereocenters. The van der Waals surface area contributed by atoms with Crippen molar-refractivity contribution in [1.29, 1.82) is 0 Å². The Labute approximate surface area is 333 Å². The number of amides is 3. The number of rotatable bonds is 8. The van der Waals surface area contributed by atoms with Crippen molar-refractivity contribution in [2.45, 2.75) is 55.6 Å². The number of carbonyl (C=O) groups excluding carboxylic acids is 3. The SMILES string of the molecule is O=C1CC[C@@H](NC(=O)c2ccc(N3CCN(CC4COC5(CCN(c6ccc([C@H]7c8ccc(O)cc8OC[C@H]7c7ccccc7)cc6)CC5)C4)CC3)cn2)C(=O)N1. The second-order valence-electron chi connectivity index (χ2n) is 16.3. The summed E-state index contributed by atoms with van der Waals surface area (Å²) >= 11 is 0. The molecule has 5 aliphatic rings. The van der Waals surface area contributed by atoms with Crippen LogP contribution in [0, 0.1) is 5.92 Å². The van der Waals surface area contributed by atoms with Gasteiger partial charge in [-0.2, -0.15) is 0 Å². The van der Waals surface area contributed by atoms with Crippen LogP contribution in [-0.2, 0) is 14.3 Å². The van der Waals surface area contributed by atoms with Gasteiger partial charge in [0, 0.05) is 81.4 Å². The van der Waals surface area contributed by atoms with Gasteiger partial charge in [0.1, 0.15) is 23.2 Å². The number of hydrogen-bond acceptors (Lipinski definition) is 10. The maximum Gasteiger partial charge on any atom is 0.270 e. The first-order chi connectivity index (χ1) is 27.8. The Hall–Kier alpha value is -5.46. The third-order valence-corrected chi connectivity index (χ3v) is 12.7. The van der Waals surface area contributed by atoms with E-state index in [1.54, 1.807) is 24.4 Å². The van der Waals surface area contributed by atoms with E-state index in [1.807, 2.05) is 18.2 Å². The fraction of sp³-hybridized carbons (Fsp3) is 0.422. The molecule has 4 aromatic rings. The highest BCUT2D eigenvalue weighted by Gasteiger charge is 2.43. The van der Waals surface area contributed by atoms with Gasteiger partial charge in [-0.25, -0.2) is 4.98 Å². The average molecular weight is 771 g/mol. The van der Waals surface area contributed by atoms with Crippen LogP contribution in [-0.4, -0.2) is 103 Å². The lowest BCUT2D eigenvalue weighted by Gasteiger charge is -2.40. The Kier molecular flexibility index (Phi) is 10.3. The van der Waals surface area contributed by atoms with Crippen molar-refractivity contribution < 1.29 is 29.0 Å². The number of anilines is 2. The van der Waals surface area contributed by atoms with Gasteiger partial charge < -0.3 is 29.7 Å². The molecule has 0 aliphatic carbocycles. The third-order valence-electron chi connectivity index (χ3n) is 12.7. The first-order valence-corrected chi connectivity index (χ1v) is 20.4. The van der Waals surface area contributed by atoms with Gasteiger partial charge in [-0.1, -0.05) is 48.5 Å². The smallest absolute Gasteiger partial charge is 0.270 e. The zero-order valence-electron chi connectivity index (χ0n) is 32.1. The van der Waals surface area contributed by atoms with Crippen LogP contribution in [0.5, 0.6) is 11.5 Å². The lowest BCUT2D eigenvalue weighted by atomic mass is 9.76. The quantitative estimate of drug-likeness (QED) is 0.214. The summed E-state index contributed by atoms with van der Waals surface area (Å²) in [6.07, 6.45) is 5.38. The van der Waals surface area contributed by atoms with Crippen LogP contribution < -0.4 is 25.2 Å². The molecule has 4 saturated heterocycles. The highest BCUT2D eigenvalue weighted by Crippen LogP contribution is 2.47. The molecule has 1 aromatic heterocycles. The number of hydrogen-bond donors (Lipinski definition) is 3. The normalized spacial score (nSPS) is 24.8. The monoisotopic (exact) mass is 770 g/mol. The Morgan fingerprint density at radius 1 is 0.860 bits per heavy atom. The van der Waals surface area contributed by atoms with Crippen molar-refractivity contribution in [3.63, 3.8) is 0 Å². The maximum absolute atomic E-state index is 12.7. The number of fused-ring (bicyclic) bond motifs is 1. The van der Waals surface area contributed by atoms with E-state index in [1.165, 1.54) is 16.8 Å². The van der Waals surface area contributed by atoms with Gasteiger partial charge in [0.25, 0.3) is 5.91 Å². The predicted molar refractivity (Wildman–Crippen MR) is 216 cm³/mol. The number of phenolic OH excluding ortho intramolecular Hbond substituents is 1. The number of nitrogens with zero attached hydrogens (tertiary/aromatic N) is 4. The van der Waals surface area contributed by atoms with Crippen molar-refractivity contribution >= 4 is 29.1 Å². The van der Waals surface area contributed by atoms with E-state index >= 15 is 0 Å². The lowest BCUT2D eigenvalue weighted by Crippen LogP contribution is -2.52. The molecular formula is C45H50N6O6. The summed E-state index contributed by atoms with van der Waals surface area (Å²) in [6, 6.07) is 28.1. The molecule has 12 nitrogen and oxygen atoms in total. The van der Waals surface area contributed by atoms with Crippen LogP contribution >= 0.6 is 0 Å². The summed E-state index contributed by atoms with van der Waals surface area (Å²) in [5, 5.41) is 15.1. The van der Waals surface area contributed by atoms with Crippen molar-refractivity contribution in [2.75, 3.05) is 68.8 Å². The number of aromatic nitrogens is 1. The van der Waals surface area contributed by atoms with Crippen LogP contribution in [0.15, 0.2) is 91.1 Å². The molecule has 5 aliphatic heterocycles. The molecule has 6 heterocycles. The Bertz CT molecular complexity index is 2080. The van der Waals surface area contributed by atoms with E-state index < -0.39 is 17.9 Å². The van der Waals surface area contributed by atoms with Gasteiger partial charge in [-0.3, -0.25) is 24.6 Å². The minimum Gasteiger partial charge on any atom is -0.508 e. The van der Waals surface area contributed by atoms with Gasteiger partial charge in [0.2, 0.25) is 11.8 Å². The predicted octanol–water partition coefficient (Wildman–Crippen LogP) is 4.83. The zero-order chi connectivity index (χ0) is 38.9. The number of benzene rings is 3. The second-order valence-corrected chi connectivity index (χ2v) is 16.3. The zero-order valence-corrected chi connectivity index (χ0v) is 32.1. The Morgan fingerprint density at radius 3 is 2.35 bits per heavy atom. The van der Waals surface area contributed by atoms with Gasteiger partial charge in [0.15, 0.2) is 0 Å². The number of nitrogens with one attached hydrogen (secondary N) is 2. The molecule has 296 valence electrons. The molecule has 12 heteroatoms. The molecule has 3 amide bonds. The number of phenols is 1. The molecule has 4 fully saturated rings. The average Bonchev–Trinajstić information content (AvgIpc) is 3.63. The molecule has 0 bridgehead atoms. The van der Waals surface area contributed by atoms with Gasteiger partial charge in [0.05, 0.1) is 30.7 Å². The number of ether oxygens (including phenoxy) is 2. The number of carbonyl (C=O) groups is 3. The fourth-order valence-corrected chi connectivity index (χ4v) is 9.59. The molecule has 9 rings (SSSR count). The molecule has 0 saturated carbocycles. The third kappa shape index (κ3) is 7.93. The van der Waals surface area contributed by atoms with Crippen LogP contribution in [0.25, 0.3) is 0 Å². The molecule has 0 radical (unpaired) electrons. The molecule has 1 spiro atoms. The molecule has 3 N–H and O–H groups in total. The van der Waals surface area contributed by atoms with Gasteiger partial charge in [-0.15, -0.1) is 0 Å². The van der Waals surface area contributed by atoms with Crippen LogP contribution in [0.3, 0.4) is 0 Å². The second kappa shape index (κ2) is 15.8. The minimum atomic E-state index is -0.725. The minimum absolute atomic E-state index is 0.0406. The van der Waals surface area contributed by atoms with E-state index in [4.69, 9.17) is 9.47 Å². The summed E-state index contributed by atoms with van der Waals surface area (Å²) in [5.41, 5.74) is 6.04. The van der Waals surface area contributed by atoms with E-state index in [-0.39, 0.29) is 41.2 Å².